The summed E-state index contributed by atoms with van der Waals surface area (Å²) in [7, 11) is 0. The monoisotopic (exact) mass is 529 g/mol. The minimum atomic E-state index is -1.61. The van der Waals surface area contributed by atoms with Crippen molar-refractivity contribution in [1.29, 1.82) is 0 Å². The minimum Gasteiger partial charge on any atom is -0.508 e. The number of carbonyl (C=O) groups excluding carboxylic acids is 4. The second kappa shape index (κ2) is 14.3. The molecule has 38 heavy (non-hydrogen) atoms. The number of aromatic hydroxyl groups is 1. The van der Waals surface area contributed by atoms with Crippen LogP contribution in [0.1, 0.15) is 17.5 Å². The summed E-state index contributed by atoms with van der Waals surface area (Å²) in [6.45, 7) is -0.883. The lowest BCUT2D eigenvalue weighted by atomic mass is 10.0. The molecule has 0 aliphatic carbocycles. The van der Waals surface area contributed by atoms with E-state index in [-0.39, 0.29) is 18.6 Å². The lowest BCUT2D eigenvalue weighted by Gasteiger charge is -2.24. The standard InChI is InChI=1S/C25H31N5O8/c26-17(10-15-6-8-16(32)9-7-15)22(34)28-19(12-21(27)33)24(36)29-18(11-14-4-2-1-3-5-14)23(35)30-20(13-31)25(37)38/h1-9,17-20,31-32H,10-13,26H2,(H2,27,33)(H,28,34)(H,29,36)(H,30,35)(H,37,38). The number of rotatable bonds is 14. The van der Waals surface area contributed by atoms with E-state index in [1.165, 1.54) is 12.1 Å². The Hall–Kier alpha value is -4.49. The van der Waals surface area contributed by atoms with Crippen molar-refractivity contribution in [1.82, 2.24) is 16.0 Å². The Balaban J connectivity index is 2.18. The topological polar surface area (TPSA) is 234 Å². The van der Waals surface area contributed by atoms with Crippen LogP contribution >= 0.6 is 0 Å². The molecule has 13 nitrogen and oxygen atoms in total. The number of nitrogens with one attached hydrogen (secondary N) is 3. The fourth-order valence-electron chi connectivity index (χ4n) is 3.46. The van der Waals surface area contributed by atoms with E-state index in [9.17, 15) is 34.2 Å². The summed E-state index contributed by atoms with van der Waals surface area (Å²) in [6.07, 6.45) is -0.598. The second-order valence-corrected chi connectivity index (χ2v) is 8.54. The number of carboxylic acid groups (broad SMARTS) is 1. The lowest BCUT2D eigenvalue weighted by molar-refractivity contribution is -0.143. The molecule has 0 fully saturated rings. The van der Waals surface area contributed by atoms with E-state index in [1.807, 2.05) is 0 Å². The number of carboxylic acids is 1. The largest absolute Gasteiger partial charge is 0.508 e. The first kappa shape index (κ1) is 29.7. The summed E-state index contributed by atoms with van der Waals surface area (Å²) in [4.78, 5) is 61.5. The van der Waals surface area contributed by atoms with Gasteiger partial charge in [-0.1, -0.05) is 42.5 Å². The molecule has 0 saturated heterocycles. The van der Waals surface area contributed by atoms with Crippen molar-refractivity contribution < 1.29 is 39.3 Å². The molecule has 2 aromatic rings. The van der Waals surface area contributed by atoms with Gasteiger partial charge in [-0.3, -0.25) is 19.2 Å². The number of phenols is 1. The van der Waals surface area contributed by atoms with Gasteiger partial charge in [-0.05, 0) is 29.7 Å². The van der Waals surface area contributed by atoms with E-state index < -0.39 is 66.8 Å². The normalized spacial score (nSPS) is 13.8. The minimum absolute atomic E-state index is 0.0349. The molecule has 0 saturated carbocycles. The fourth-order valence-corrected chi connectivity index (χ4v) is 3.46. The van der Waals surface area contributed by atoms with E-state index in [1.54, 1.807) is 42.5 Å². The van der Waals surface area contributed by atoms with Gasteiger partial charge >= 0.3 is 5.97 Å². The van der Waals surface area contributed by atoms with Crippen molar-refractivity contribution in [3.63, 3.8) is 0 Å². The molecule has 0 bridgehead atoms. The zero-order valence-corrected chi connectivity index (χ0v) is 20.4. The molecular weight excluding hydrogens is 498 g/mol. The van der Waals surface area contributed by atoms with Crippen molar-refractivity contribution >= 4 is 29.6 Å². The van der Waals surface area contributed by atoms with Crippen LogP contribution in [-0.2, 0) is 36.8 Å². The number of benzene rings is 2. The molecule has 0 heterocycles. The van der Waals surface area contributed by atoms with Gasteiger partial charge in [0.15, 0.2) is 0 Å². The summed E-state index contributed by atoms with van der Waals surface area (Å²) in [5.41, 5.74) is 12.5. The quantitative estimate of drug-likeness (QED) is 0.134. The maximum atomic E-state index is 13.1. The highest BCUT2D eigenvalue weighted by molar-refractivity contribution is 5.96. The average molecular weight is 530 g/mol. The Kier molecular flexibility index (Phi) is 11.2. The van der Waals surface area contributed by atoms with Gasteiger partial charge in [0.05, 0.1) is 19.1 Å². The van der Waals surface area contributed by atoms with Crippen LogP contribution in [0.3, 0.4) is 0 Å². The molecule has 4 amide bonds. The molecule has 2 aromatic carbocycles. The number of primary amides is 1. The van der Waals surface area contributed by atoms with E-state index in [4.69, 9.17) is 16.6 Å². The molecule has 0 aliphatic rings. The number of hydrogen-bond acceptors (Lipinski definition) is 8. The molecule has 204 valence electrons. The van der Waals surface area contributed by atoms with Crippen molar-refractivity contribution in [2.24, 2.45) is 11.5 Å². The van der Waals surface area contributed by atoms with E-state index >= 15 is 0 Å². The van der Waals surface area contributed by atoms with Crippen molar-refractivity contribution in [3.05, 3.63) is 65.7 Å². The van der Waals surface area contributed by atoms with Crippen LogP contribution in [-0.4, -0.2) is 75.7 Å². The summed E-state index contributed by atoms with van der Waals surface area (Å²) in [5, 5.41) is 34.7. The van der Waals surface area contributed by atoms with Gasteiger partial charge in [0.2, 0.25) is 23.6 Å². The Morgan fingerprint density at radius 2 is 1.26 bits per heavy atom. The van der Waals surface area contributed by atoms with Gasteiger partial charge in [0, 0.05) is 6.42 Å². The van der Waals surface area contributed by atoms with Crippen LogP contribution in [0.5, 0.6) is 5.75 Å². The highest BCUT2D eigenvalue weighted by atomic mass is 16.4. The first-order valence-corrected chi connectivity index (χ1v) is 11.6. The molecule has 4 atom stereocenters. The molecule has 0 aliphatic heterocycles. The molecule has 0 spiro atoms. The second-order valence-electron chi connectivity index (χ2n) is 8.54. The Labute approximate surface area is 218 Å². The van der Waals surface area contributed by atoms with Gasteiger partial charge in [-0.15, -0.1) is 0 Å². The smallest absolute Gasteiger partial charge is 0.328 e. The maximum Gasteiger partial charge on any atom is 0.328 e. The summed E-state index contributed by atoms with van der Waals surface area (Å²) < 4.78 is 0. The molecular formula is C25H31N5O8. The van der Waals surface area contributed by atoms with Crippen molar-refractivity contribution in [3.8, 4) is 5.75 Å². The molecule has 10 N–H and O–H groups in total. The highest BCUT2D eigenvalue weighted by Crippen LogP contribution is 2.11. The first-order chi connectivity index (χ1) is 18.0. The van der Waals surface area contributed by atoms with Crippen LogP contribution in [0.15, 0.2) is 54.6 Å². The lowest BCUT2D eigenvalue weighted by Crippen LogP contribution is -2.58. The van der Waals surface area contributed by atoms with Crippen molar-refractivity contribution in [2.75, 3.05) is 6.61 Å². The van der Waals surface area contributed by atoms with Crippen molar-refractivity contribution in [2.45, 2.75) is 43.4 Å². The first-order valence-electron chi connectivity index (χ1n) is 11.6. The third kappa shape index (κ3) is 9.52. The van der Waals surface area contributed by atoms with Gasteiger partial charge in [0.1, 0.15) is 23.9 Å². The third-order valence-electron chi connectivity index (χ3n) is 5.48. The molecule has 2 rings (SSSR count). The Bertz CT molecular complexity index is 1130. The predicted molar refractivity (Wildman–Crippen MR) is 134 cm³/mol. The molecule has 0 radical (unpaired) electrons. The van der Waals surface area contributed by atoms with E-state index in [0.29, 0.717) is 11.1 Å². The molecule has 13 heteroatoms. The Morgan fingerprint density at radius 3 is 1.82 bits per heavy atom. The van der Waals surface area contributed by atoms with Gasteiger partial charge < -0.3 is 42.7 Å². The fraction of sp³-hybridized carbons (Fsp3) is 0.320. The van der Waals surface area contributed by atoms with Crippen LogP contribution in [0, 0.1) is 0 Å². The highest BCUT2D eigenvalue weighted by Gasteiger charge is 2.31. The number of hydrogen-bond donors (Lipinski definition) is 8. The number of nitrogens with two attached hydrogens (primary N) is 2. The van der Waals surface area contributed by atoms with Crippen LogP contribution < -0.4 is 27.4 Å². The number of aliphatic hydroxyl groups excluding tert-OH is 1. The van der Waals surface area contributed by atoms with E-state index in [2.05, 4.69) is 16.0 Å². The van der Waals surface area contributed by atoms with Crippen LogP contribution in [0.2, 0.25) is 0 Å². The van der Waals surface area contributed by atoms with Gasteiger partial charge in [-0.25, -0.2) is 4.79 Å². The van der Waals surface area contributed by atoms with Gasteiger partial charge in [0.25, 0.3) is 0 Å². The zero-order valence-electron chi connectivity index (χ0n) is 20.4. The number of phenolic OH excluding ortho intramolecular Hbond substituents is 1. The summed E-state index contributed by atoms with van der Waals surface area (Å²) >= 11 is 0. The molecule has 0 aromatic heterocycles. The number of amides is 4. The number of carbonyl (C=O) groups is 5. The maximum absolute atomic E-state index is 13.1. The van der Waals surface area contributed by atoms with Crippen LogP contribution in [0.4, 0.5) is 0 Å². The zero-order chi connectivity index (χ0) is 28.2. The van der Waals surface area contributed by atoms with Crippen LogP contribution in [0.25, 0.3) is 0 Å². The molecule has 4 unspecified atom stereocenters. The van der Waals surface area contributed by atoms with Gasteiger partial charge in [-0.2, -0.15) is 0 Å². The SMILES string of the molecule is NC(=O)CC(NC(=O)C(N)Cc1ccc(O)cc1)C(=O)NC(Cc1ccccc1)C(=O)NC(CO)C(=O)O. The number of aliphatic hydroxyl groups is 1. The average Bonchev–Trinajstić information content (AvgIpc) is 2.87. The summed E-state index contributed by atoms with van der Waals surface area (Å²) in [6, 6.07) is 8.94. The third-order valence-corrected chi connectivity index (χ3v) is 5.48. The van der Waals surface area contributed by atoms with E-state index in [0.717, 1.165) is 0 Å². The predicted octanol–water partition coefficient (Wildman–Crippen LogP) is -2.09. The summed E-state index contributed by atoms with van der Waals surface area (Å²) in [5.74, 6) is -4.96. The Morgan fingerprint density at radius 1 is 0.737 bits per heavy atom. The number of aliphatic carboxylic acids is 1.